The van der Waals surface area contributed by atoms with E-state index in [1.54, 1.807) is 0 Å². The van der Waals surface area contributed by atoms with Gasteiger partial charge in [-0.3, -0.25) is 4.79 Å². The van der Waals surface area contributed by atoms with E-state index in [0.29, 0.717) is 6.61 Å². The molecule has 0 aliphatic rings. The molecular formula is C8H15ClO2. The van der Waals surface area contributed by atoms with Gasteiger partial charge in [0.25, 0.3) is 0 Å². The number of rotatable bonds is 6. The standard InChI is InChI=1S/C8H15ClO2/c1-8(10)11-7-5-3-2-4-6-9/h2-7H2,1H3. The molecule has 0 N–H and O–H groups in total. The maximum atomic E-state index is 10.3. The lowest BCUT2D eigenvalue weighted by molar-refractivity contribution is -0.141. The summed E-state index contributed by atoms with van der Waals surface area (Å²) in [7, 11) is 0. The number of ether oxygens (including phenoxy) is 1. The van der Waals surface area contributed by atoms with Crippen molar-refractivity contribution in [2.24, 2.45) is 0 Å². The van der Waals surface area contributed by atoms with Crippen LogP contribution < -0.4 is 0 Å². The first kappa shape index (κ1) is 10.8. The summed E-state index contributed by atoms with van der Waals surface area (Å²) in [5.41, 5.74) is 0. The first-order chi connectivity index (χ1) is 5.27. The highest BCUT2D eigenvalue weighted by Crippen LogP contribution is 2.00. The van der Waals surface area contributed by atoms with E-state index in [-0.39, 0.29) is 5.97 Å². The highest BCUT2D eigenvalue weighted by atomic mass is 35.5. The highest BCUT2D eigenvalue weighted by molar-refractivity contribution is 6.17. The van der Waals surface area contributed by atoms with Crippen molar-refractivity contribution in [3.8, 4) is 0 Å². The Morgan fingerprint density at radius 3 is 2.45 bits per heavy atom. The number of halogens is 1. The minimum absolute atomic E-state index is 0.192. The third kappa shape index (κ3) is 9.76. The van der Waals surface area contributed by atoms with Crippen LogP contribution in [0.25, 0.3) is 0 Å². The van der Waals surface area contributed by atoms with Crippen LogP contribution in [0, 0.1) is 0 Å². The molecule has 0 heterocycles. The molecular weight excluding hydrogens is 164 g/mol. The Labute approximate surface area is 72.9 Å². The lowest BCUT2D eigenvalue weighted by atomic mass is 10.2. The molecule has 0 aliphatic carbocycles. The van der Waals surface area contributed by atoms with E-state index in [9.17, 15) is 4.79 Å². The van der Waals surface area contributed by atoms with Crippen LogP contribution >= 0.6 is 11.6 Å². The van der Waals surface area contributed by atoms with Crippen molar-refractivity contribution in [3.05, 3.63) is 0 Å². The second-order valence-electron chi connectivity index (χ2n) is 2.44. The zero-order valence-corrected chi connectivity index (χ0v) is 7.69. The van der Waals surface area contributed by atoms with Crippen molar-refractivity contribution in [2.75, 3.05) is 12.5 Å². The number of esters is 1. The topological polar surface area (TPSA) is 26.3 Å². The fraction of sp³-hybridized carbons (Fsp3) is 0.875. The summed E-state index contributed by atoms with van der Waals surface area (Å²) in [6.45, 7) is 1.98. The number of carbonyl (C=O) groups excluding carboxylic acids is 1. The maximum Gasteiger partial charge on any atom is 0.302 e. The third-order valence-electron chi connectivity index (χ3n) is 1.33. The summed E-state index contributed by atoms with van der Waals surface area (Å²) in [6, 6.07) is 0. The van der Waals surface area contributed by atoms with Crippen molar-refractivity contribution < 1.29 is 9.53 Å². The fourth-order valence-corrected chi connectivity index (χ4v) is 0.955. The van der Waals surface area contributed by atoms with Gasteiger partial charge < -0.3 is 4.74 Å². The molecule has 0 amide bonds. The molecule has 0 radical (unpaired) electrons. The summed E-state index contributed by atoms with van der Waals surface area (Å²) in [4.78, 5) is 10.3. The molecule has 0 saturated carbocycles. The molecule has 0 unspecified atom stereocenters. The summed E-state index contributed by atoms with van der Waals surface area (Å²) in [6.07, 6.45) is 4.24. The van der Waals surface area contributed by atoms with Gasteiger partial charge in [-0.15, -0.1) is 11.6 Å². The smallest absolute Gasteiger partial charge is 0.302 e. The van der Waals surface area contributed by atoms with Gasteiger partial charge in [-0.2, -0.15) is 0 Å². The van der Waals surface area contributed by atoms with Gasteiger partial charge in [0.05, 0.1) is 6.61 Å². The minimum atomic E-state index is -0.192. The Kier molecular flexibility index (Phi) is 7.69. The second kappa shape index (κ2) is 7.86. The quantitative estimate of drug-likeness (QED) is 0.355. The van der Waals surface area contributed by atoms with E-state index in [2.05, 4.69) is 0 Å². The van der Waals surface area contributed by atoms with Crippen LogP contribution in [0.15, 0.2) is 0 Å². The average molecular weight is 179 g/mol. The number of unbranched alkanes of at least 4 members (excludes halogenated alkanes) is 3. The maximum absolute atomic E-state index is 10.3. The zero-order chi connectivity index (χ0) is 8.53. The van der Waals surface area contributed by atoms with Gasteiger partial charge in [0, 0.05) is 12.8 Å². The van der Waals surface area contributed by atoms with E-state index in [0.717, 1.165) is 31.6 Å². The van der Waals surface area contributed by atoms with E-state index in [4.69, 9.17) is 16.3 Å². The Bertz CT molecular complexity index is 104. The number of hydrogen-bond acceptors (Lipinski definition) is 2. The van der Waals surface area contributed by atoms with Crippen LogP contribution in [-0.4, -0.2) is 18.5 Å². The Balaban J connectivity index is 2.85. The van der Waals surface area contributed by atoms with Gasteiger partial charge in [0.2, 0.25) is 0 Å². The minimum Gasteiger partial charge on any atom is -0.466 e. The van der Waals surface area contributed by atoms with E-state index < -0.39 is 0 Å². The number of hydrogen-bond donors (Lipinski definition) is 0. The summed E-state index contributed by atoms with van der Waals surface area (Å²) in [5.74, 6) is 0.537. The molecule has 0 saturated heterocycles. The van der Waals surface area contributed by atoms with Gasteiger partial charge in [0.15, 0.2) is 0 Å². The zero-order valence-electron chi connectivity index (χ0n) is 6.94. The Morgan fingerprint density at radius 1 is 1.27 bits per heavy atom. The van der Waals surface area contributed by atoms with Crippen molar-refractivity contribution in [3.63, 3.8) is 0 Å². The van der Waals surface area contributed by atoms with Crippen LogP contribution in [0.2, 0.25) is 0 Å². The summed E-state index contributed by atoms with van der Waals surface area (Å²) >= 11 is 5.48. The Hall–Kier alpha value is -0.240. The van der Waals surface area contributed by atoms with Gasteiger partial charge in [-0.25, -0.2) is 0 Å². The molecule has 66 valence electrons. The van der Waals surface area contributed by atoms with Gasteiger partial charge >= 0.3 is 5.97 Å². The van der Waals surface area contributed by atoms with Crippen LogP contribution in [0.4, 0.5) is 0 Å². The van der Waals surface area contributed by atoms with Crippen LogP contribution in [-0.2, 0) is 9.53 Å². The molecule has 0 aromatic carbocycles. The van der Waals surface area contributed by atoms with E-state index in [1.807, 2.05) is 0 Å². The first-order valence-corrected chi connectivity index (χ1v) is 4.50. The third-order valence-corrected chi connectivity index (χ3v) is 1.60. The molecule has 0 bridgehead atoms. The second-order valence-corrected chi connectivity index (χ2v) is 2.82. The fourth-order valence-electron chi connectivity index (χ4n) is 0.766. The number of carbonyl (C=O) groups is 1. The summed E-state index contributed by atoms with van der Waals surface area (Å²) in [5, 5.41) is 0. The van der Waals surface area contributed by atoms with Crippen molar-refractivity contribution in [1.82, 2.24) is 0 Å². The van der Waals surface area contributed by atoms with Gasteiger partial charge in [-0.1, -0.05) is 12.8 Å². The van der Waals surface area contributed by atoms with Crippen molar-refractivity contribution >= 4 is 17.6 Å². The van der Waals surface area contributed by atoms with Crippen molar-refractivity contribution in [2.45, 2.75) is 32.6 Å². The monoisotopic (exact) mass is 178 g/mol. The van der Waals surface area contributed by atoms with E-state index in [1.165, 1.54) is 6.92 Å². The molecule has 0 rings (SSSR count). The predicted octanol–water partition coefficient (Wildman–Crippen LogP) is 2.35. The molecule has 0 atom stereocenters. The average Bonchev–Trinajstić information content (AvgIpc) is 1.96. The van der Waals surface area contributed by atoms with Crippen LogP contribution in [0.3, 0.4) is 0 Å². The highest BCUT2D eigenvalue weighted by Gasteiger charge is 1.92. The van der Waals surface area contributed by atoms with E-state index >= 15 is 0 Å². The lowest BCUT2D eigenvalue weighted by Gasteiger charge is -2.00. The lowest BCUT2D eigenvalue weighted by Crippen LogP contribution is -2.00. The SMILES string of the molecule is CC(=O)OCCCCCCCl. The van der Waals surface area contributed by atoms with Crippen molar-refractivity contribution in [1.29, 1.82) is 0 Å². The van der Waals surface area contributed by atoms with Gasteiger partial charge in [0.1, 0.15) is 0 Å². The molecule has 0 fully saturated rings. The molecule has 11 heavy (non-hydrogen) atoms. The van der Waals surface area contributed by atoms with Gasteiger partial charge in [-0.05, 0) is 12.8 Å². The Morgan fingerprint density at radius 2 is 1.91 bits per heavy atom. The molecule has 0 spiro atoms. The normalized spacial score (nSPS) is 9.64. The molecule has 0 aromatic heterocycles. The van der Waals surface area contributed by atoms with Crippen LogP contribution in [0.5, 0.6) is 0 Å². The molecule has 0 aliphatic heterocycles. The summed E-state index contributed by atoms with van der Waals surface area (Å²) < 4.78 is 4.75. The molecule has 3 heteroatoms. The largest absolute Gasteiger partial charge is 0.466 e. The molecule has 2 nitrogen and oxygen atoms in total. The molecule has 0 aromatic rings. The number of alkyl halides is 1. The predicted molar refractivity (Wildman–Crippen MR) is 45.8 cm³/mol. The first-order valence-electron chi connectivity index (χ1n) is 3.96. The van der Waals surface area contributed by atoms with Crippen LogP contribution in [0.1, 0.15) is 32.6 Å².